The van der Waals surface area contributed by atoms with E-state index in [0.29, 0.717) is 12.2 Å². The maximum absolute atomic E-state index is 11.9. The Labute approximate surface area is 107 Å². The average molecular weight is 270 g/mol. The second kappa shape index (κ2) is 5.73. The highest BCUT2D eigenvalue weighted by molar-refractivity contribution is 7.89. The normalized spacial score (nSPS) is 20.8. The van der Waals surface area contributed by atoms with E-state index in [1.807, 2.05) is 0 Å². The number of nitrogens with one attached hydrogen (secondary N) is 2. The Morgan fingerprint density at radius 1 is 1.39 bits per heavy atom. The van der Waals surface area contributed by atoms with Gasteiger partial charge in [-0.1, -0.05) is 6.42 Å². The Balaban J connectivity index is 1.96. The maximum Gasteiger partial charge on any atom is 0.259 e. The largest absolute Gasteiger partial charge is 0.313 e. The third kappa shape index (κ3) is 3.47. The number of sulfonamides is 1. The summed E-state index contributed by atoms with van der Waals surface area (Å²) in [6.45, 7) is 3.12. The molecule has 2 N–H and O–H groups in total. The highest BCUT2D eigenvalue weighted by atomic mass is 32.2. The summed E-state index contributed by atoms with van der Waals surface area (Å²) in [7, 11) is -3.54. The molecular weight excluding hydrogens is 252 g/mol. The van der Waals surface area contributed by atoms with Crippen LogP contribution in [0.5, 0.6) is 0 Å². The predicted molar refractivity (Wildman–Crippen MR) is 67.6 cm³/mol. The molecule has 0 bridgehead atoms. The van der Waals surface area contributed by atoms with Crippen molar-refractivity contribution >= 4 is 10.0 Å². The SMILES string of the molecule is Cc1ccc(S(=O)(=O)NC[C@@H]2CCCCN2)nn1. The standard InChI is InChI=1S/C11H18N4O2S/c1-9-5-6-11(15-14-9)18(16,17)13-8-10-4-2-3-7-12-10/h5-6,10,12-13H,2-4,7-8H2,1H3/t10-/m0/s1. The molecule has 18 heavy (non-hydrogen) atoms. The van der Waals surface area contributed by atoms with Crippen molar-refractivity contribution in [1.82, 2.24) is 20.2 Å². The van der Waals surface area contributed by atoms with Gasteiger partial charge in [0.25, 0.3) is 10.0 Å². The van der Waals surface area contributed by atoms with E-state index in [9.17, 15) is 8.42 Å². The van der Waals surface area contributed by atoms with Crippen LogP contribution in [0.4, 0.5) is 0 Å². The first-order valence-electron chi connectivity index (χ1n) is 6.11. The van der Waals surface area contributed by atoms with Crippen LogP contribution in [0.15, 0.2) is 17.2 Å². The van der Waals surface area contributed by atoms with Crippen molar-refractivity contribution < 1.29 is 8.42 Å². The molecule has 2 heterocycles. The zero-order chi connectivity index (χ0) is 13.0. The lowest BCUT2D eigenvalue weighted by Gasteiger charge is -2.23. The fourth-order valence-corrected chi connectivity index (χ4v) is 2.88. The van der Waals surface area contributed by atoms with Crippen LogP contribution in [0.25, 0.3) is 0 Å². The van der Waals surface area contributed by atoms with Gasteiger partial charge in [0, 0.05) is 12.6 Å². The van der Waals surface area contributed by atoms with Crippen molar-refractivity contribution in [2.45, 2.75) is 37.3 Å². The van der Waals surface area contributed by atoms with E-state index in [0.717, 1.165) is 25.8 Å². The molecule has 0 radical (unpaired) electrons. The number of hydrogen-bond acceptors (Lipinski definition) is 5. The molecule has 1 aliphatic rings. The summed E-state index contributed by atoms with van der Waals surface area (Å²) in [6.07, 6.45) is 3.30. The number of nitrogens with zero attached hydrogens (tertiary/aromatic N) is 2. The highest BCUT2D eigenvalue weighted by Crippen LogP contribution is 2.08. The molecule has 0 saturated carbocycles. The van der Waals surface area contributed by atoms with Crippen LogP contribution in [0.1, 0.15) is 25.0 Å². The van der Waals surface area contributed by atoms with E-state index in [1.165, 1.54) is 6.07 Å². The fraction of sp³-hybridized carbons (Fsp3) is 0.636. The molecule has 1 aromatic rings. The minimum Gasteiger partial charge on any atom is -0.313 e. The second-order valence-corrected chi connectivity index (χ2v) is 6.23. The molecule has 1 fully saturated rings. The smallest absolute Gasteiger partial charge is 0.259 e. The molecular formula is C11H18N4O2S. The summed E-state index contributed by atoms with van der Waals surface area (Å²) < 4.78 is 26.5. The van der Waals surface area contributed by atoms with Crippen molar-refractivity contribution in [2.75, 3.05) is 13.1 Å². The van der Waals surface area contributed by atoms with E-state index in [1.54, 1.807) is 13.0 Å². The van der Waals surface area contributed by atoms with Gasteiger partial charge in [-0.05, 0) is 38.4 Å². The molecule has 0 aliphatic carbocycles. The van der Waals surface area contributed by atoms with Gasteiger partial charge in [0.15, 0.2) is 5.03 Å². The summed E-state index contributed by atoms with van der Waals surface area (Å²) in [6, 6.07) is 3.33. The van der Waals surface area contributed by atoms with Crippen molar-refractivity contribution in [2.24, 2.45) is 0 Å². The van der Waals surface area contributed by atoms with Gasteiger partial charge in [-0.3, -0.25) is 0 Å². The van der Waals surface area contributed by atoms with E-state index in [4.69, 9.17) is 0 Å². The quantitative estimate of drug-likeness (QED) is 0.817. The van der Waals surface area contributed by atoms with E-state index < -0.39 is 10.0 Å². The van der Waals surface area contributed by atoms with Gasteiger partial charge in [-0.2, -0.15) is 5.10 Å². The molecule has 0 unspecified atom stereocenters. The molecule has 1 aromatic heterocycles. The highest BCUT2D eigenvalue weighted by Gasteiger charge is 2.19. The Morgan fingerprint density at radius 2 is 2.22 bits per heavy atom. The van der Waals surface area contributed by atoms with E-state index >= 15 is 0 Å². The third-order valence-electron chi connectivity index (χ3n) is 2.98. The summed E-state index contributed by atoms with van der Waals surface area (Å²) in [5, 5.41) is 10.7. The molecule has 0 amide bonds. The maximum atomic E-state index is 11.9. The molecule has 0 spiro atoms. The minimum absolute atomic E-state index is 0.0242. The Hall–Kier alpha value is -1.05. The first-order valence-corrected chi connectivity index (χ1v) is 7.59. The van der Waals surface area contributed by atoms with Crippen LogP contribution < -0.4 is 10.0 Å². The molecule has 1 aliphatic heterocycles. The van der Waals surface area contributed by atoms with Gasteiger partial charge < -0.3 is 5.32 Å². The topological polar surface area (TPSA) is 84.0 Å². The number of aryl methyl sites for hydroxylation is 1. The van der Waals surface area contributed by atoms with Crippen LogP contribution in [0.3, 0.4) is 0 Å². The van der Waals surface area contributed by atoms with Crippen LogP contribution >= 0.6 is 0 Å². The molecule has 7 heteroatoms. The lowest BCUT2D eigenvalue weighted by atomic mass is 10.1. The summed E-state index contributed by atoms with van der Waals surface area (Å²) in [4.78, 5) is 0. The van der Waals surface area contributed by atoms with Gasteiger partial charge in [0.05, 0.1) is 5.69 Å². The molecule has 1 atom stereocenters. The third-order valence-corrected chi connectivity index (χ3v) is 4.30. The summed E-state index contributed by atoms with van der Waals surface area (Å²) in [5.74, 6) is 0. The minimum atomic E-state index is -3.54. The first-order chi connectivity index (χ1) is 8.58. The zero-order valence-electron chi connectivity index (χ0n) is 10.4. The van der Waals surface area contributed by atoms with Gasteiger partial charge >= 0.3 is 0 Å². The van der Waals surface area contributed by atoms with Gasteiger partial charge in [0.2, 0.25) is 0 Å². The van der Waals surface area contributed by atoms with Crippen LogP contribution in [0.2, 0.25) is 0 Å². The van der Waals surface area contributed by atoms with Crippen molar-refractivity contribution in [3.63, 3.8) is 0 Å². The van der Waals surface area contributed by atoms with Crippen molar-refractivity contribution in [3.05, 3.63) is 17.8 Å². The monoisotopic (exact) mass is 270 g/mol. The zero-order valence-corrected chi connectivity index (χ0v) is 11.2. The Bertz CT molecular complexity index is 480. The van der Waals surface area contributed by atoms with E-state index in [-0.39, 0.29) is 11.1 Å². The lowest BCUT2D eigenvalue weighted by molar-refractivity contribution is 0.398. The Morgan fingerprint density at radius 3 is 2.83 bits per heavy atom. The Kier molecular flexibility index (Phi) is 4.26. The predicted octanol–water partition coefficient (Wildman–Crippen LogP) is 0.205. The molecule has 2 rings (SSSR count). The van der Waals surface area contributed by atoms with Crippen LogP contribution in [-0.4, -0.2) is 37.7 Å². The molecule has 1 saturated heterocycles. The van der Waals surface area contributed by atoms with Gasteiger partial charge in [0.1, 0.15) is 0 Å². The van der Waals surface area contributed by atoms with Crippen molar-refractivity contribution in [1.29, 1.82) is 0 Å². The number of rotatable bonds is 4. The molecule has 0 aromatic carbocycles. The second-order valence-electron chi connectivity index (χ2n) is 4.51. The lowest BCUT2D eigenvalue weighted by Crippen LogP contribution is -2.43. The number of hydrogen-bond donors (Lipinski definition) is 2. The number of aromatic nitrogens is 2. The fourth-order valence-electron chi connectivity index (χ4n) is 1.91. The number of piperidine rings is 1. The van der Waals surface area contributed by atoms with Gasteiger partial charge in [-0.15, -0.1) is 5.10 Å². The van der Waals surface area contributed by atoms with Crippen LogP contribution in [-0.2, 0) is 10.0 Å². The molecule has 6 nitrogen and oxygen atoms in total. The van der Waals surface area contributed by atoms with Gasteiger partial charge in [-0.25, -0.2) is 13.1 Å². The summed E-state index contributed by atoms with van der Waals surface area (Å²) in [5.41, 5.74) is 0.697. The molecule has 100 valence electrons. The first kappa shape index (κ1) is 13.4. The average Bonchev–Trinajstić information content (AvgIpc) is 2.38. The van der Waals surface area contributed by atoms with Crippen LogP contribution in [0, 0.1) is 6.92 Å². The van der Waals surface area contributed by atoms with E-state index in [2.05, 4.69) is 20.2 Å². The van der Waals surface area contributed by atoms with Crippen molar-refractivity contribution in [3.8, 4) is 0 Å². The summed E-state index contributed by atoms with van der Waals surface area (Å²) >= 11 is 0.